The lowest BCUT2D eigenvalue weighted by atomic mass is 9.91. The molecule has 1 aliphatic heterocycles. The van der Waals surface area contributed by atoms with Gasteiger partial charge < -0.3 is 10.1 Å². The molecular formula is C11H14BrNO. The highest BCUT2D eigenvalue weighted by Gasteiger charge is 2.25. The zero-order chi connectivity index (χ0) is 10.1. The van der Waals surface area contributed by atoms with Gasteiger partial charge in [0.1, 0.15) is 12.4 Å². The van der Waals surface area contributed by atoms with Gasteiger partial charge in [0.15, 0.2) is 0 Å². The molecule has 1 N–H and O–H groups in total. The van der Waals surface area contributed by atoms with Crippen molar-refractivity contribution >= 4 is 15.9 Å². The summed E-state index contributed by atoms with van der Waals surface area (Å²) in [4.78, 5) is 0. The van der Waals surface area contributed by atoms with Gasteiger partial charge in [0, 0.05) is 16.4 Å². The van der Waals surface area contributed by atoms with Gasteiger partial charge in [0.25, 0.3) is 0 Å². The molecule has 1 aliphatic rings. The number of fused-ring (bicyclic) bond motifs is 1. The average molecular weight is 256 g/mol. The molecule has 76 valence electrons. The standard InChI is InChI=1S/C11H14BrNO/c1-7-9-4-3-8(12)5-11(9)14-6-10(7)13-2/h3-5,7,10,13H,6H2,1-2H3. The van der Waals surface area contributed by atoms with Crippen molar-refractivity contribution in [1.82, 2.24) is 5.32 Å². The summed E-state index contributed by atoms with van der Waals surface area (Å²) >= 11 is 3.45. The van der Waals surface area contributed by atoms with Crippen LogP contribution in [0.1, 0.15) is 18.4 Å². The number of halogens is 1. The van der Waals surface area contributed by atoms with Crippen LogP contribution >= 0.6 is 15.9 Å². The molecule has 3 heteroatoms. The molecular weight excluding hydrogens is 242 g/mol. The Morgan fingerprint density at radius 1 is 1.50 bits per heavy atom. The molecule has 1 heterocycles. The molecule has 0 radical (unpaired) electrons. The molecule has 0 saturated carbocycles. The minimum absolute atomic E-state index is 0.420. The van der Waals surface area contributed by atoms with Gasteiger partial charge in [0.05, 0.1) is 0 Å². The maximum atomic E-state index is 5.69. The first-order valence-electron chi connectivity index (χ1n) is 4.82. The van der Waals surface area contributed by atoms with Gasteiger partial charge in [-0.25, -0.2) is 0 Å². The van der Waals surface area contributed by atoms with Crippen LogP contribution in [0.15, 0.2) is 22.7 Å². The van der Waals surface area contributed by atoms with E-state index in [1.54, 1.807) is 0 Å². The average Bonchev–Trinajstić information content (AvgIpc) is 2.18. The third-order valence-corrected chi connectivity index (χ3v) is 3.35. The largest absolute Gasteiger partial charge is 0.492 e. The van der Waals surface area contributed by atoms with Gasteiger partial charge in [-0.05, 0) is 24.7 Å². The van der Waals surface area contributed by atoms with Gasteiger partial charge in [-0.3, -0.25) is 0 Å². The Morgan fingerprint density at radius 3 is 3.00 bits per heavy atom. The summed E-state index contributed by atoms with van der Waals surface area (Å²) in [5, 5.41) is 3.27. The second-order valence-corrected chi connectivity index (χ2v) is 4.59. The Bertz CT molecular complexity index is 340. The maximum Gasteiger partial charge on any atom is 0.124 e. The van der Waals surface area contributed by atoms with Crippen LogP contribution in [0, 0.1) is 0 Å². The molecule has 1 aromatic carbocycles. The quantitative estimate of drug-likeness (QED) is 0.833. The number of hydrogen-bond acceptors (Lipinski definition) is 2. The van der Waals surface area contributed by atoms with E-state index in [1.165, 1.54) is 5.56 Å². The summed E-state index contributed by atoms with van der Waals surface area (Å²) < 4.78 is 6.76. The molecule has 2 nitrogen and oxygen atoms in total. The van der Waals surface area contributed by atoms with Crippen LogP contribution < -0.4 is 10.1 Å². The minimum Gasteiger partial charge on any atom is -0.492 e. The van der Waals surface area contributed by atoms with E-state index in [-0.39, 0.29) is 0 Å². The molecule has 14 heavy (non-hydrogen) atoms. The van der Waals surface area contributed by atoms with E-state index in [0.29, 0.717) is 12.0 Å². The fourth-order valence-electron chi connectivity index (χ4n) is 1.88. The Kier molecular flexibility index (Phi) is 2.79. The highest BCUT2D eigenvalue weighted by atomic mass is 79.9. The lowest BCUT2D eigenvalue weighted by molar-refractivity contribution is 0.225. The number of rotatable bonds is 1. The van der Waals surface area contributed by atoms with E-state index in [9.17, 15) is 0 Å². The Balaban J connectivity index is 2.36. The first-order valence-corrected chi connectivity index (χ1v) is 5.61. The van der Waals surface area contributed by atoms with E-state index in [2.05, 4.69) is 40.3 Å². The second-order valence-electron chi connectivity index (χ2n) is 3.68. The molecule has 0 fully saturated rings. The SMILES string of the molecule is CNC1COc2cc(Br)ccc2C1C. The summed E-state index contributed by atoms with van der Waals surface area (Å²) in [5.74, 6) is 1.52. The van der Waals surface area contributed by atoms with Crippen molar-refractivity contribution < 1.29 is 4.74 Å². The Morgan fingerprint density at radius 2 is 2.29 bits per heavy atom. The summed E-state index contributed by atoms with van der Waals surface area (Å²) in [6.07, 6.45) is 0. The van der Waals surface area contributed by atoms with Gasteiger partial charge in [-0.2, -0.15) is 0 Å². The molecule has 0 aromatic heterocycles. The molecule has 0 saturated heterocycles. The molecule has 0 bridgehead atoms. The van der Waals surface area contributed by atoms with Crippen molar-refractivity contribution in [2.75, 3.05) is 13.7 Å². The third-order valence-electron chi connectivity index (χ3n) is 2.86. The van der Waals surface area contributed by atoms with Crippen LogP contribution in [0.5, 0.6) is 5.75 Å². The fraction of sp³-hybridized carbons (Fsp3) is 0.455. The van der Waals surface area contributed by atoms with Crippen molar-refractivity contribution in [3.8, 4) is 5.75 Å². The normalized spacial score (nSPS) is 25.4. The number of likely N-dealkylation sites (N-methyl/N-ethyl adjacent to an activating group) is 1. The molecule has 0 aliphatic carbocycles. The Labute approximate surface area is 92.8 Å². The zero-order valence-corrected chi connectivity index (χ0v) is 9.97. The van der Waals surface area contributed by atoms with E-state index in [1.807, 2.05) is 13.1 Å². The fourth-order valence-corrected chi connectivity index (χ4v) is 2.22. The van der Waals surface area contributed by atoms with E-state index in [4.69, 9.17) is 4.74 Å². The summed E-state index contributed by atoms with van der Waals surface area (Å²) in [6, 6.07) is 6.66. The zero-order valence-electron chi connectivity index (χ0n) is 8.38. The predicted molar refractivity (Wildman–Crippen MR) is 60.9 cm³/mol. The highest BCUT2D eigenvalue weighted by molar-refractivity contribution is 9.10. The van der Waals surface area contributed by atoms with Gasteiger partial charge >= 0.3 is 0 Å². The smallest absolute Gasteiger partial charge is 0.124 e. The highest BCUT2D eigenvalue weighted by Crippen LogP contribution is 2.35. The van der Waals surface area contributed by atoms with Crippen molar-refractivity contribution in [2.45, 2.75) is 18.9 Å². The van der Waals surface area contributed by atoms with Crippen molar-refractivity contribution in [3.05, 3.63) is 28.2 Å². The van der Waals surface area contributed by atoms with Crippen LogP contribution in [-0.2, 0) is 0 Å². The summed E-state index contributed by atoms with van der Waals surface area (Å²) in [7, 11) is 1.98. The first kappa shape index (κ1) is 9.99. The van der Waals surface area contributed by atoms with E-state index >= 15 is 0 Å². The van der Waals surface area contributed by atoms with Crippen molar-refractivity contribution in [1.29, 1.82) is 0 Å². The van der Waals surface area contributed by atoms with Gasteiger partial charge in [-0.15, -0.1) is 0 Å². The molecule has 2 unspecified atom stereocenters. The number of nitrogens with one attached hydrogen (secondary N) is 1. The van der Waals surface area contributed by atoms with Crippen molar-refractivity contribution in [2.24, 2.45) is 0 Å². The minimum atomic E-state index is 0.420. The second kappa shape index (κ2) is 3.91. The van der Waals surface area contributed by atoms with Gasteiger partial charge in [-0.1, -0.05) is 28.9 Å². The van der Waals surface area contributed by atoms with E-state index < -0.39 is 0 Å². The molecule has 1 aromatic rings. The maximum absolute atomic E-state index is 5.69. The van der Waals surface area contributed by atoms with Crippen LogP contribution in [0.4, 0.5) is 0 Å². The molecule has 2 rings (SSSR count). The summed E-state index contributed by atoms with van der Waals surface area (Å²) in [6.45, 7) is 2.98. The molecule has 0 spiro atoms. The first-order chi connectivity index (χ1) is 6.72. The van der Waals surface area contributed by atoms with Gasteiger partial charge in [0.2, 0.25) is 0 Å². The topological polar surface area (TPSA) is 21.3 Å². The lowest BCUT2D eigenvalue weighted by Crippen LogP contribution is -2.39. The van der Waals surface area contributed by atoms with Crippen LogP contribution in [0.3, 0.4) is 0 Å². The van der Waals surface area contributed by atoms with Crippen LogP contribution in [-0.4, -0.2) is 19.7 Å². The lowest BCUT2D eigenvalue weighted by Gasteiger charge is -2.31. The molecule has 2 atom stereocenters. The summed E-state index contributed by atoms with van der Waals surface area (Å²) in [5.41, 5.74) is 1.29. The Hall–Kier alpha value is -0.540. The molecule has 0 amide bonds. The van der Waals surface area contributed by atoms with Crippen molar-refractivity contribution in [3.63, 3.8) is 0 Å². The van der Waals surface area contributed by atoms with E-state index in [0.717, 1.165) is 16.8 Å². The monoisotopic (exact) mass is 255 g/mol. The number of benzene rings is 1. The third kappa shape index (κ3) is 1.66. The number of ether oxygens (including phenoxy) is 1. The number of hydrogen-bond donors (Lipinski definition) is 1. The predicted octanol–water partition coefficient (Wildman–Crippen LogP) is 2.53. The van der Waals surface area contributed by atoms with Crippen LogP contribution in [0.2, 0.25) is 0 Å². The van der Waals surface area contributed by atoms with Crippen LogP contribution in [0.25, 0.3) is 0 Å².